The van der Waals surface area contributed by atoms with Crippen molar-refractivity contribution in [3.8, 4) is 16.9 Å². The Morgan fingerprint density at radius 1 is 1.23 bits per heavy atom. The molecule has 0 spiro atoms. The van der Waals surface area contributed by atoms with E-state index in [0.29, 0.717) is 33.0 Å². The van der Waals surface area contributed by atoms with Crippen molar-refractivity contribution in [2.75, 3.05) is 17.7 Å². The lowest BCUT2D eigenvalue weighted by Crippen LogP contribution is -1.99. The Morgan fingerprint density at radius 2 is 1.88 bits per heavy atom. The van der Waals surface area contributed by atoms with E-state index in [9.17, 15) is 0 Å². The number of nitrogens with two attached hydrogens (primary N) is 1. The zero-order valence-electron chi connectivity index (χ0n) is 13.5. The van der Waals surface area contributed by atoms with Crippen molar-refractivity contribution < 1.29 is 9.84 Å². The first-order valence-corrected chi connectivity index (χ1v) is 8.22. The lowest BCUT2D eigenvalue weighted by atomic mass is 10.0. The smallest absolute Gasteiger partial charge is 0.248 e. The van der Waals surface area contributed by atoms with E-state index in [2.05, 4.69) is 27.1 Å². The van der Waals surface area contributed by atoms with Crippen LogP contribution in [-0.2, 0) is 0 Å². The second-order valence-corrected chi connectivity index (χ2v) is 6.18. The third-order valence-electron chi connectivity index (χ3n) is 3.35. The number of nitrogens with one attached hydrogen (secondary N) is 2. The lowest BCUT2D eigenvalue weighted by Gasteiger charge is -2.12. The molecule has 0 radical (unpaired) electrons. The molecular formula is C17H15Cl2N5O2. The van der Waals surface area contributed by atoms with Crippen molar-refractivity contribution in [1.82, 2.24) is 15.2 Å². The van der Waals surface area contributed by atoms with Gasteiger partial charge in [0.05, 0.1) is 10.0 Å². The summed E-state index contributed by atoms with van der Waals surface area (Å²) in [5, 5.41) is 19.4. The van der Waals surface area contributed by atoms with Crippen LogP contribution in [0.5, 0.6) is 5.75 Å². The van der Waals surface area contributed by atoms with Crippen molar-refractivity contribution in [2.24, 2.45) is 0 Å². The first-order chi connectivity index (χ1) is 12.4. The van der Waals surface area contributed by atoms with Gasteiger partial charge < -0.3 is 20.9 Å². The molecule has 0 atom stereocenters. The van der Waals surface area contributed by atoms with Gasteiger partial charge in [0.2, 0.25) is 11.9 Å². The van der Waals surface area contributed by atoms with Crippen molar-refractivity contribution in [1.29, 1.82) is 0 Å². The van der Waals surface area contributed by atoms with Crippen LogP contribution < -0.4 is 15.8 Å². The van der Waals surface area contributed by atoms with Gasteiger partial charge in [-0.15, -0.1) is 5.10 Å². The van der Waals surface area contributed by atoms with Crippen LogP contribution in [0.25, 0.3) is 11.1 Å². The largest absolute Gasteiger partial charge is 0.509 e. The van der Waals surface area contributed by atoms with Crippen molar-refractivity contribution in [3.63, 3.8) is 0 Å². The molecule has 1 heterocycles. The highest BCUT2D eigenvalue weighted by Crippen LogP contribution is 2.38. The quantitative estimate of drug-likeness (QED) is 0.458. The summed E-state index contributed by atoms with van der Waals surface area (Å²) in [5.74, 6) is 1.07. The molecule has 0 aliphatic heterocycles. The molecule has 7 nitrogen and oxygen atoms in total. The van der Waals surface area contributed by atoms with Gasteiger partial charge in [0, 0.05) is 11.3 Å². The molecule has 0 saturated carbocycles. The lowest BCUT2D eigenvalue weighted by molar-refractivity contribution is 0.272. The van der Waals surface area contributed by atoms with Crippen molar-refractivity contribution in [3.05, 3.63) is 58.8 Å². The molecule has 0 unspecified atom stereocenters. The standard InChI is InChI=1S/C17H15Cl2N5O2/c1-9(25)8-26-12-4-2-10(3-5-12)15-13(18)6-11(7-14(15)19)21-17-22-16(20)23-24-17/h2-7,25H,1,8H2,(H4,20,21,22,23,24). The maximum Gasteiger partial charge on any atom is 0.248 e. The van der Waals surface area contributed by atoms with E-state index in [1.165, 1.54) is 0 Å². The number of rotatable bonds is 6. The van der Waals surface area contributed by atoms with E-state index in [-0.39, 0.29) is 18.3 Å². The van der Waals surface area contributed by atoms with Crippen molar-refractivity contribution in [2.45, 2.75) is 0 Å². The second-order valence-electron chi connectivity index (χ2n) is 5.36. The van der Waals surface area contributed by atoms with E-state index < -0.39 is 0 Å². The Kier molecular flexibility index (Phi) is 5.20. The number of hydrogen-bond donors (Lipinski definition) is 4. The fourth-order valence-electron chi connectivity index (χ4n) is 2.26. The number of halogens is 2. The number of benzene rings is 2. The van der Waals surface area contributed by atoms with Gasteiger partial charge in [-0.3, -0.25) is 0 Å². The molecule has 0 amide bonds. The number of aliphatic hydroxyl groups is 1. The molecule has 26 heavy (non-hydrogen) atoms. The summed E-state index contributed by atoms with van der Waals surface area (Å²) in [6.07, 6.45) is 0. The van der Waals surface area contributed by atoms with Crippen LogP contribution >= 0.6 is 23.2 Å². The average molecular weight is 392 g/mol. The number of anilines is 3. The predicted molar refractivity (Wildman–Crippen MR) is 103 cm³/mol. The van der Waals surface area contributed by atoms with Crippen molar-refractivity contribution >= 4 is 40.8 Å². The highest BCUT2D eigenvalue weighted by atomic mass is 35.5. The number of hydrogen-bond acceptors (Lipinski definition) is 6. The molecule has 3 rings (SSSR count). The Balaban J connectivity index is 1.82. The van der Waals surface area contributed by atoms with Crippen LogP contribution in [-0.4, -0.2) is 26.9 Å². The van der Waals surface area contributed by atoms with Gasteiger partial charge in [0.25, 0.3) is 0 Å². The topological polar surface area (TPSA) is 109 Å². The number of nitrogens with zero attached hydrogens (tertiary/aromatic N) is 2. The molecule has 0 aliphatic rings. The number of aromatic amines is 1. The molecule has 3 aromatic rings. The summed E-state index contributed by atoms with van der Waals surface area (Å²) in [6, 6.07) is 10.6. The third kappa shape index (κ3) is 4.19. The van der Waals surface area contributed by atoms with E-state index in [1.54, 1.807) is 24.3 Å². The average Bonchev–Trinajstić information content (AvgIpc) is 2.98. The second kappa shape index (κ2) is 7.55. The Labute approximate surface area is 159 Å². The first-order valence-electron chi connectivity index (χ1n) is 7.46. The van der Waals surface area contributed by atoms with E-state index >= 15 is 0 Å². The third-order valence-corrected chi connectivity index (χ3v) is 3.95. The summed E-state index contributed by atoms with van der Waals surface area (Å²) in [6.45, 7) is 3.40. The van der Waals surface area contributed by atoms with Gasteiger partial charge in [-0.2, -0.15) is 4.98 Å². The van der Waals surface area contributed by atoms with Crippen LogP contribution in [0, 0.1) is 0 Å². The number of aliphatic hydroxyl groups excluding tert-OH is 1. The molecule has 0 saturated heterocycles. The van der Waals surface area contributed by atoms with Gasteiger partial charge in [0.15, 0.2) is 0 Å². The summed E-state index contributed by atoms with van der Waals surface area (Å²) >= 11 is 12.8. The van der Waals surface area contributed by atoms with Gasteiger partial charge in [-0.05, 0) is 29.8 Å². The maximum absolute atomic E-state index is 9.07. The number of nitrogen functional groups attached to an aromatic ring is 1. The predicted octanol–water partition coefficient (Wildman–Crippen LogP) is 4.55. The monoisotopic (exact) mass is 391 g/mol. The minimum atomic E-state index is -0.0450. The Bertz CT molecular complexity index is 918. The molecule has 0 aliphatic carbocycles. The summed E-state index contributed by atoms with van der Waals surface area (Å²) in [7, 11) is 0. The minimum Gasteiger partial charge on any atom is -0.509 e. The summed E-state index contributed by atoms with van der Waals surface area (Å²) < 4.78 is 5.35. The zero-order valence-corrected chi connectivity index (χ0v) is 15.0. The number of H-pyrrole nitrogens is 1. The Morgan fingerprint density at radius 3 is 2.42 bits per heavy atom. The summed E-state index contributed by atoms with van der Waals surface area (Å²) in [5.41, 5.74) is 7.63. The van der Waals surface area contributed by atoms with Gasteiger partial charge >= 0.3 is 0 Å². The van der Waals surface area contributed by atoms with Gasteiger partial charge in [-0.25, -0.2) is 5.10 Å². The summed E-state index contributed by atoms with van der Waals surface area (Å²) in [4.78, 5) is 3.96. The molecule has 5 N–H and O–H groups in total. The van der Waals surface area contributed by atoms with E-state index in [0.717, 1.165) is 5.56 Å². The van der Waals surface area contributed by atoms with Crippen LogP contribution in [0.1, 0.15) is 0 Å². The van der Waals surface area contributed by atoms with Gasteiger partial charge in [-0.1, -0.05) is 41.9 Å². The molecule has 0 bridgehead atoms. The van der Waals surface area contributed by atoms with Crippen LogP contribution in [0.2, 0.25) is 10.0 Å². The van der Waals surface area contributed by atoms with Crippen LogP contribution in [0.3, 0.4) is 0 Å². The fourth-order valence-corrected chi connectivity index (χ4v) is 2.97. The SMILES string of the molecule is C=C(O)COc1ccc(-c2c(Cl)cc(Nc3n[nH]c(N)n3)cc2Cl)cc1. The number of aromatic nitrogens is 3. The van der Waals surface area contributed by atoms with E-state index in [1.807, 2.05) is 12.1 Å². The Hall–Kier alpha value is -2.90. The number of ether oxygens (including phenoxy) is 1. The highest BCUT2D eigenvalue weighted by molar-refractivity contribution is 6.39. The molecule has 9 heteroatoms. The maximum atomic E-state index is 9.07. The molecule has 1 aromatic heterocycles. The molecule has 134 valence electrons. The van der Waals surface area contributed by atoms with Gasteiger partial charge in [0.1, 0.15) is 18.1 Å². The highest BCUT2D eigenvalue weighted by Gasteiger charge is 2.12. The normalized spacial score (nSPS) is 10.5. The zero-order chi connectivity index (χ0) is 18.7. The van der Waals surface area contributed by atoms with Crippen LogP contribution in [0.15, 0.2) is 48.7 Å². The van der Waals surface area contributed by atoms with E-state index in [4.69, 9.17) is 38.8 Å². The first kappa shape index (κ1) is 17.9. The molecule has 0 fully saturated rings. The molecular weight excluding hydrogens is 377 g/mol. The fraction of sp³-hybridized carbons (Fsp3) is 0.0588. The molecule has 2 aromatic carbocycles. The van der Waals surface area contributed by atoms with Crippen LogP contribution in [0.4, 0.5) is 17.6 Å². The minimum absolute atomic E-state index is 0.0347.